The van der Waals surface area contributed by atoms with Crippen LogP contribution in [0.15, 0.2) is 35.5 Å². The Bertz CT molecular complexity index is 1030. The second-order valence-corrected chi connectivity index (χ2v) is 9.91. The summed E-state index contributed by atoms with van der Waals surface area (Å²) in [5.41, 5.74) is -2.37. The minimum Gasteiger partial charge on any atom is -0.461 e. The van der Waals surface area contributed by atoms with Crippen LogP contribution in [0.1, 0.15) is 48.0 Å². The van der Waals surface area contributed by atoms with Crippen molar-refractivity contribution in [2.75, 3.05) is 6.61 Å². The van der Waals surface area contributed by atoms with Gasteiger partial charge in [0.15, 0.2) is 11.7 Å². The number of hydrogen-bond acceptors (Lipinski definition) is 10. The second kappa shape index (κ2) is 10.2. The lowest BCUT2D eigenvalue weighted by molar-refractivity contribution is -0.211. The molecule has 1 aliphatic heterocycles. The molecule has 8 atom stereocenters. The molecule has 0 aromatic heterocycles. The number of hydrogen-bond donors (Lipinski definition) is 2. The first-order valence-electron chi connectivity index (χ1n) is 11.9. The van der Waals surface area contributed by atoms with E-state index in [0.29, 0.717) is 5.57 Å². The Morgan fingerprint density at radius 3 is 2.28 bits per heavy atom. The molecule has 1 heterocycles. The van der Waals surface area contributed by atoms with E-state index in [4.69, 9.17) is 18.9 Å². The van der Waals surface area contributed by atoms with Crippen molar-refractivity contribution in [2.45, 2.75) is 78.0 Å². The smallest absolute Gasteiger partial charge is 0.312 e. The van der Waals surface area contributed by atoms with E-state index in [-0.39, 0.29) is 12.0 Å². The van der Waals surface area contributed by atoms with Gasteiger partial charge in [0.1, 0.15) is 18.3 Å². The predicted molar refractivity (Wildman–Crippen MR) is 125 cm³/mol. The number of esters is 4. The molecular formula is C26H34O10. The summed E-state index contributed by atoms with van der Waals surface area (Å²) in [4.78, 5) is 49.4. The van der Waals surface area contributed by atoms with Gasteiger partial charge in [-0.1, -0.05) is 24.6 Å². The van der Waals surface area contributed by atoms with Crippen molar-refractivity contribution in [3.63, 3.8) is 0 Å². The first kappa shape index (κ1) is 27.6. The highest BCUT2D eigenvalue weighted by molar-refractivity contribution is 5.78. The van der Waals surface area contributed by atoms with Crippen LogP contribution in [0.3, 0.4) is 0 Å². The van der Waals surface area contributed by atoms with Crippen LogP contribution in [0, 0.1) is 17.3 Å². The zero-order chi connectivity index (χ0) is 27.0. The molecule has 3 aliphatic rings. The van der Waals surface area contributed by atoms with Crippen molar-refractivity contribution in [1.29, 1.82) is 0 Å². The number of rotatable bonds is 4. The maximum absolute atomic E-state index is 12.7. The summed E-state index contributed by atoms with van der Waals surface area (Å²) in [5, 5.41) is 22.2. The molecule has 8 unspecified atom stereocenters. The summed E-state index contributed by atoms with van der Waals surface area (Å²) in [6.07, 6.45) is 2.03. The summed E-state index contributed by atoms with van der Waals surface area (Å²) in [6.45, 7) is 8.16. The molecule has 198 valence electrons. The van der Waals surface area contributed by atoms with E-state index in [0.717, 1.165) is 0 Å². The van der Waals surface area contributed by atoms with Crippen molar-refractivity contribution in [1.82, 2.24) is 0 Å². The largest absolute Gasteiger partial charge is 0.461 e. The van der Waals surface area contributed by atoms with E-state index in [1.54, 1.807) is 19.9 Å². The summed E-state index contributed by atoms with van der Waals surface area (Å²) < 4.78 is 22.7. The van der Waals surface area contributed by atoms with Gasteiger partial charge < -0.3 is 29.2 Å². The number of carbonyl (C=O) groups excluding carboxylic acids is 4. The average molecular weight is 507 g/mol. The van der Waals surface area contributed by atoms with Gasteiger partial charge in [-0.05, 0) is 31.6 Å². The van der Waals surface area contributed by atoms with E-state index in [1.807, 2.05) is 6.08 Å². The van der Waals surface area contributed by atoms with Crippen molar-refractivity contribution in [3.8, 4) is 0 Å². The van der Waals surface area contributed by atoms with E-state index >= 15 is 0 Å². The highest BCUT2D eigenvalue weighted by Crippen LogP contribution is 2.54. The molecule has 0 radical (unpaired) electrons. The Kier molecular flexibility index (Phi) is 7.80. The van der Waals surface area contributed by atoms with Gasteiger partial charge in [-0.25, -0.2) is 0 Å². The fraction of sp³-hybridized carbons (Fsp3) is 0.615. The number of aliphatic hydroxyl groups excluding tert-OH is 1. The van der Waals surface area contributed by atoms with Crippen molar-refractivity contribution in [3.05, 3.63) is 35.5 Å². The molecule has 1 saturated heterocycles. The molecule has 0 spiro atoms. The molecular weight excluding hydrogens is 472 g/mol. The third kappa shape index (κ3) is 4.71. The lowest BCUT2D eigenvalue weighted by Crippen LogP contribution is -2.65. The Hall–Kier alpha value is -2.98. The van der Waals surface area contributed by atoms with Crippen LogP contribution in [0.25, 0.3) is 0 Å². The molecule has 0 amide bonds. The minimum absolute atomic E-state index is 0.270. The van der Waals surface area contributed by atoms with Crippen LogP contribution in [0.5, 0.6) is 0 Å². The molecule has 0 aromatic carbocycles. The van der Waals surface area contributed by atoms with E-state index in [9.17, 15) is 29.4 Å². The third-order valence-electron chi connectivity index (χ3n) is 7.55. The Morgan fingerprint density at radius 2 is 1.72 bits per heavy atom. The van der Waals surface area contributed by atoms with Crippen LogP contribution < -0.4 is 0 Å². The van der Waals surface area contributed by atoms with Crippen LogP contribution in [-0.2, 0) is 38.1 Å². The number of fused-ring (bicyclic) bond motifs is 2. The van der Waals surface area contributed by atoms with E-state index < -0.39 is 77.8 Å². The Balaban J connectivity index is 2.40. The molecule has 0 saturated carbocycles. The first-order chi connectivity index (χ1) is 16.8. The molecule has 10 heteroatoms. The van der Waals surface area contributed by atoms with Crippen molar-refractivity contribution >= 4 is 23.9 Å². The molecule has 0 bridgehead atoms. The van der Waals surface area contributed by atoms with Gasteiger partial charge in [0.05, 0.1) is 17.9 Å². The molecule has 2 aliphatic carbocycles. The zero-order valence-corrected chi connectivity index (χ0v) is 21.3. The molecule has 0 aromatic rings. The summed E-state index contributed by atoms with van der Waals surface area (Å²) in [7, 11) is 0. The van der Waals surface area contributed by atoms with Gasteiger partial charge in [0.25, 0.3) is 0 Å². The fourth-order valence-corrected chi connectivity index (χ4v) is 5.72. The maximum Gasteiger partial charge on any atom is 0.312 e. The topological polar surface area (TPSA) is 146 Å². The number of aliphatic hydroxyl groups is 2. The number of ether oxygens (including phenoxy) is 4. The molecule has 10 nitrogen and oxygen atoms in total. The maximum atomic E-state index is 12.7. The molecule has 1 fully saturated rings. The zero-order valence-electron chi connectivity index (χ0n) is 21.3. The molecule has 36 heavy (non-hydrogen) atoms. The van der Waals surface area contributed by atoms with Crippen LogP contribution >= 0.6 is 0 Å². The van der Waals surface area contributed by atoms with Crippen LogP contribution in [0.4, 0.5) is 0 Å². The summed E-state index contributed by atoms with van der Waals surface area (Å²) in [6, 6.07) is 0. The summed E-state index contributed by atoms with van der Waals surface area (Å²) in [5.74, 6) is -4.60. The number of carbonyl (C=O) groups is 4. The van der Waals surface area contributed by atoms with Crippen molar-refractivity contribution in [2.24, 2.45) is 17.3 Å². The van der Waals surface area contributed by atoms with E-state index in [1.165, 1.54) is 39.8 Å². The lowest BCUT2D eigenvalue weighted by Gasteiger charge is -2.53. The predicted octanol–water partition coefficient (Wildman–Crippen LogP) is 1.54. The SMILES string of the molecule is CC(=O)OC1C=CC(CO)=CC2OC(=O)C(C)C2(O)C(OC(C)=O)C2C(C)=CCC(OC(C)=O)C12C. The molecule has 3 rings (SSSR count). The lowest BCUT2D eigenvalue weighted by atomic mass is 9.56. The Morgan fingerprint density at radius 1 is 1.11 bits per heavy atom. The summed E-state index contributed by atoms with van der Waals surface area (Å²) >= 11 is 0. The van der Waals surface area contributed by atoms with Gasteiger partial charge in [-0.3, -0.25) is 19.2 Å². The van der Waals surface area contributed by atoms with Gasteiger partial charge in [-0.15, -0.1) is 0 Å². The third-order valence-corrected chi connectivity index (χ3v) is 7.55. The monoisotopic (exact) mass is 506 g/mol. The quantitative estimate of drug-likeness (QED) is 0.327. The van der Waals surface area contributed by atoms with Crippen LogP contribution in [-0.4, -0.2) is 70.7 Å². The van der Waals surface area contributed by atoms with Crippen LogP contribution in [0.2, 0.25) is 0 Å². The van der Waals surface area contributed by atoms with E-state index in [2.05, 4.69) is 0 Å². The van der Waals surface area contributed by atoms with Gasteiger partial charge in [0, 0.05) is 33.1 Å². The fourth-order valence-electron chi connectivity index (χ4n) is 5.72. The highest BCUT2D eigenvalue weighted by Gasteiger charge is 2.66. The van der Waals surface area contributed by atoms with Crippen molar-refractivity contribution < 1.29 is 48.3 Å². The first-order valence-corrected chi connectivity index (χ1v) is 11.9. The highest BCUT2D eigenvalue weighted by atomic mass is 16.6. The normalized spacial score (nSPS) is 37.9. The standard InChI is InChI=1S/C26H34O10/c1-13-7-9-19(33-15(3)28)25(6)20(34-16(4)29)10-8-18(12-27)11-21-26(32,14(2)24(31)36-21)23(22(13)25)35-17(5)30/h7-8,10-11,14,19-23,27,32H,9,12H2,1-6H3. The molecule has 2 N–H and O–H groups in total. The average Bonchev–Trinajstić information content (AvgIpc) is 2.99. The van der Waals surface area contributed by atoms with Gasteiger partial charge in [0.2, 0.25) is 0 Å². The second-order valence-electron chi connectivity index (χ2n) is 9.91. The van der Waals surface area contributed by atoms with Gasteiger partial charge >= 0.3 is 23.9 Å². The minimum atomic E-state index is -2.06. The van der Waals surface area contributed by atoms with Gasteiger partial charge in [-0.2, -0.15) is 0 Å². The Labute approximate surface area is 209 Å².